The van der Waals surface area contributed by atoms with Crippen LogP contribution >= 0.6 is 0 Å². The molecule has 0 radical (unpaired) electrons. The molecular weight excluding hydrogens is 362 g/mol. The number of carbonyl (C=O) groups is 2. The van der Waals surface area contributed by atoms with Crippen molar-refractivity contribution in [2.75, 3.05) is 4.90 Å². The Kier molecular flexibility index (Phi) is 5.43. The van der Waals surface area contributed by atoms with E-state index >= 15 is 0 Å². The van der Waals surface area contributed by atoms with Crippen molar-refractivity contribution in [1.29, 1.82) is 0 Å². The zero-order valence-electron chi connectivity index (χ0n) is 16.1. The van der Waals surface area contributed by atoms with Crippen LogP contribution in [0.4, 0.5) is 5.69 Å². The molecule has 1 fully saturated rings. The molecule has 3 aromatic carbocycles. The van der Waals surface area contributed by atoms with Gasteiger partial charge in [-0.1, -0.05) is 54.6 Å². The third kappa shape index (κ3) is 3.92. The van der Waals surface area contributed by atoms with E-state index in [-0.39, 0.29) is 23.6 Å². The maximum atomic E-state index is 13.0. The number of hydrogen-bond acceptors (Lipinski definition) is 3. The van der Waals surface area contributed by atoms with Crippen LogP contribution in [0.3, 0.4) is 0 Å². The monoisotopic (exact) mass is 385 g/mol. The number of hydrogen-bond donors (Lipinski definition) is 1. The number of rotatable bonds is 7. The Hall–Kier alpha value is -3.40. The van der Waals surface area contributed by atoms with Gasteiger partial charge in [-0.3, -0.25) is 9.59 Å². The molecule has 0 aromatic heterocycles. The van der Waals surface area contributed by atoms with Gasteiger partial charge in [0.2, 0.25) is 5.91 Å². The van der Waals surface area contributed by atoms with Gasteiger partial charge in [0.05, 0.1) is 12.0 Å². The van der Waals surface area contributed by atoms with E-state index in [0.29, 0.717) is 5.56 Å². The molecule has 0 spiro atoms. The summed E-state index contributed by atoms with van der Waals surface area (Å²) in [6, 6.07) is 24.4. The Labute approximate surface area is 170 Å². The number of aromatic hydroxyl groups is 1. The third-order valence-electron chi connectivity index (χ3n) is 5.58. The molecule has 0 unspecified atom stereocenters. The van der Waals surface area contributed by atoms with Gasteiger partial charge in [-0.2, -0.15) is 0 Å². The van der Waals surface area contributed by atoms with Gasteiger partial charge in [0.1, 0.15) is 12.0 Å². The summed E-state index contributed by atoms with van der Waals surface area (Å²) in [5.41, 5.74) is 3.70. The summed E-state index contributed by atoms with van der Waals surface area (Å²) in [5, 5.41) is 9.58. The van der Waals surface area contributed by atoms with E-state index in [9.17, 15) is 14.7 Å². The van der Waals surface area contributed by atoms with Crippen molar-refractivity contribution in [1.82, 2.24) is 0 Å². The van der Waals surface area contributed by atoms with E-state index in [1.807, 2.05) is 30.3 Å². The first-order chi connectivity index (χ1) is 14.2. The van der Waals surface area contributed by atoms with Gasteiger partial charge in [-0.25, -0.2) is 0 Å². The fraction of sp³-hybridized carbons (Fsp3) is 0.200. The lowest BCUT2D eigenvalue weighted by atomic mass is 9.78. The van der Waals surface area contributed by atoms with Gasteiger partial charge < -0.3 is 10.0 Å². The van der Waals surface area contributed by atoms with Gasteiger partial charge >= 0.3 is 0 Å². The maximum Gasteiger partial charge on any atom is 0.233 e. The maximum absolute atomic E-state index is 13.0. The Balaban J connectivity index is 1.55. The van der Waals surface area contributed by atoms with Crippen molar-refractivity contribution in [3.63, 3.8) is 0 Å². The molecule has 1 aliphatic rings. The van der Waals surface area contributed by atoms with Gasteiger partial charge in [0.25, 0.3) is 0 Å². The number of aldehydes is 1. The molecular formula is C25H23NO3. The standard InChI is InChI=1S/C25H23NO3/c27-17-19-9-11-20(12-10-19)24-23(8-4-7-18-5-2-1-3-6-18)25(29)26(24)21-13-15-22(28)16-14-21/h1-3,5-6,9-17,23-24,28H,4,7-8H2/t23-,24-/m1/s1. The minimum Gasteiger partial charge on any atom is -0.508 e. The fourth-order valence-corrected chi connectivity index (χ4v) is 4.05. The molecule has 2 atom stereocenters. The van der Waals surface area contributed by atoms with Crippen molar-refractivity contribution in [3.05, 3.63) is 95.6 Å². The summed E-state index contributed by atoms with van der Waals surface area (Å²) >= 11 is 0. The molecule has 3 aromatic rings. The lowest BCUT2D eigenvalue weighted by molar-refractivity contribution is -0.130. The molecule has 146 valence electrons. The molecule has 4 rings (SSSR count). The lowest BCUT2D eigenvalue weighted by Crippen LogP contribution is -2.55. The molecule has 1 heterocycles. The van der Waals surface area contributed by atoms with Crippen molar-refractivity contribution in [3.8, 4) is 5.75 Å². The number of anilines is 1. The quantitative estimate of drug-likeness (QED) is 0.463. The third-order valence-corrected chi connectivity index (χ3v) is 5.58. The average molecular weight is 385 g/mol. The summed E-state index contributed by atoms with van der Waals surface area (Å²) in [6.45, 7) is 0. The minimum atomic E-state index is -0.0883. The second-order valence-corrected chi connectivity index (χ2v) is 7.44. The molecule has 4 heteroatoms. The number of β-lactam (4-membered cyclic amide) rings is 1. The zero-order valence-corrected chi connectivity index (χ0v) is 16.1. The summed E-state index contributed by atoms with van der Waals surface area (Å²) in [5.74, 6) is 0.191. The van der Waals surface area contributed by atoms with E-state index in [1.54, 1.807) is 41.3 Å². The first-order valence-corrected chi connectivity index (χ1v) is 9.88. The highest BCUT2D eigenvalue weighted by Gasteiger charge is 2.48. The van der Waals surface area contributed by atoms with Gasteiger partial charge in [0, 0.05) is 11.3 Å². The first kappa shape index (κ1) is 18.9. The van der Waals surface area contributed by atoms with Crippen LogP contribution in [-0.4, -0.2) is 17.3 Å². The molecule has 1 aliphatic heterocycles. The van der Waals surface area contributed by atoms with E-state index < -0.39 is 0 Å². The van der Waals surface area contributed by atoms with Gasteiger partial charge in [0.15, 0.2) is 0 Å². The predicted octanol–water partition coefficient (Wildman–Crippen LogP) is 4.93. The molecule has 1 N–H and O–H groups in total. The Morgan fingerprint density at radius 3 is 2.24 bits per heavy atom. The SMILES string of the molecule is O=Cc1ccc([C@@H]2[C@@H](CCCc3ccccc3)C(=O)N2c2ccc(O)cc2)cc1. The molecule has 4 nitrogen and oxygen atoms in total. The number of carbonyl (C=O) groups excluding carboxylic acids is 2. The van der Waals surface area contributed by atoms with Crippen LogP contribution < -0.4 is 4.90 Å². The molecule has 1 saturated heterocycles. The number of nitrogens with zero attached hydrogens (tertiary/aromatic N) is 1. The first-order valence-electron chi connectivity index (χ1n) is 9.88. The molecule has 1 amide bonds. The van der Waals surface area contributed by atoms with Crippen molar-refractivity contribution >= 4 is 17.9 Å². The topological polar surface area (TPSA) is 57.6 Å². The number of aryl methyl sites for hydroxylation is 1. The van der Waals surface area contributed by atoms with Gasteiger partial charge in [-0.15, -0.1) is 0 Å². The molecule has 29 heavy (non-hydrogen) atoms. The number of amides is 1. The second-order valence-electron chi connectivity index (χ2n) is 7.44. The predicted molar refractivity (Wildman–Crippen MR) is 113 cm³/mol. The average Bonchev–Trinajstić information content (AvgIpc) is 2.77. The zero-order chi connectivity index (χ0) is 20.2. The summed E-state index contributed by atoms with van der Waals surface area (Å²) in [7, 11) is 0. The smallest absolute Gasteiger partial charge is 0.233 e. The van der Waals surface area contributed by atoms with Crippen LogP contribution in [0.15, 0.2) is 78.9 Å². The highest BCUT2D eigenvalue weighted by atomic mass is 16.3. The highest BCUT2D eigenvalue weighted by molar-refractivity contribution is 6.03. The lowest BCUT2D eigenvalue weighted by Gasteiger charge is -2.47. The van der Waals surface area contributed by atoms with Crippen LogP contribution in [-0.2, 0) is 11.2 Å². The van der Waals surface area contributed by atoms with Crippen LogP contribution in [0.2, 0.25) is 0 Å². The highest BCUT2D eigenvalue weighted by Crippen LogP contribution is 2.45. The number of benzene rings is 3. The van der Waals surface area contributed by atoms with Gasteiger partial charge in [-0.05, 0) is 54.7 Å². The molecule has 0 aliphatic carbocycles. The van der Waals surface area contributed by atoms with E-state index in [1.165, 1.54) is 5.56 Å². The van der Waals surface area contributed by atoms with Crippen molar-refractivity contribution in [2.24, 2.45) is 5.92 Å². The molecule has 0 saturated carbocycles. The van der Waals surface area contributed by atoms with Crippen LogP contribution in [0.25, 0.3) is 0 Å². The van der Waals surface area contributed by atoms with Crippen LogP contribution in [0.5, 0.6) is 5.75 Å². The van der Waals surface area contributed by atoms with E-state index in [0.717, 1.165) is 36.8 Å². The summed E-state index contributed by atoms with van der Waals surface area (Å²) in [6.07, 6.45) is 3.51. The van der Waals surface area contributed by atoms with Crippen LogP contribution in [0, 0.1) is 5.92 Å². The Morgan fingerprint density at radius 2 is 1.59 bits per heavy atom. The van der Waals surface area contributed by atoms with Crippen LogP contribution in [0.1, 0.15) is 40.4 Å². The van der Waals surface area contributed by atoms with Crippen molar-refractivity contribution < 1.29 is 14.7 Å². The second kappa shape index (κ2) is 8.31. The number of phenolic OH excluding ortho intramolecular Hbond substituents is 1. The van der Waals surface area contributed by atoms with E-state index in [4.69, 9.17) is 0 Å². The Bertz CT molecular complexity index is 981. The normalized spacial score (nSPS) is 18.3. The van der Waals surface area contributed by atoms with E-state index in [2.05, 4.69) is 12.1 Å². The minimum absolute atomic E-state index is 0.0662. The summed E-state index contributed by atoms with van der Waals surface area (Å²) < 4.78 is 0. The summed E-state index contributed by atoms with van der Waals surface area (Å²) in [4.78, 5) is 25.8. The molecule has 0 bridgehead atoms. The largest absolute Gasteiger partial charge is 0.508 e. The fourth-order valence-electron chi connectivity index (χ4n) is 4.05. The Morgan fingerprint density at radius 1 is 0.897 bits per heavy atom. The number of phenols is 1. The van der Waals surface area contributed by atoms with Crippen molar-refractivity contribution in [2.45, 2.75) is 25.3 Å².